The zero-order valence-corrected chi connectivity index (χ0v) is 24.5. The van der Waals surface area contributed by atoms with Gasteiger partial charge in [0.2, 0.25) is 11.8 Å². The molecule has 3 N–H and O–H groups in total. The van der Waals surface area contributed by atoms with Gasteiger partial charge in [-0.2, -0.15) is 0 Å². The molecule has 5 aromatic rings. The number of para-hydroxylation sites is 3. The Balaban J connectivity index is 1.22. The lowest BCUT2D eigenvalue weighted by molar-refractivity contribution is -0.137. The highest BCUT2D eigenvalue weighted by atomic mass is 16.5. The molecule has 2 atom stereocenters. The molecule has 2 aliphatic heterocycles. The highest BCUT2D eigenvalue weighted by molar-refractivity contribution is 5.94. The number of aromatic nitrogens is 5. The molecule has 7 rings (SSSR count). The Morgan fingerprint density at radius 2 is 1.91 bits per heavy atom. The number of pyridine rings is 1. The number of nitrogens with one attached hydrogen (secondary N) is 1. The maximum Gasteiger partial charge on any atom is 0.284 e. The minimum Gasteiger partial charge on any atom is -0.480 e. The van der Waals surface area contributed by atoms with Gasteiger partial charge in [0.25, 0.3) is 5.91 Å². The number of primary amides is 1. The molecule has 2 aliphatic rings. The van der Waals surface area contributed by atoms with Gasteiger partial charge >= 0.3 is 0 Å². The van der Waals surface area contributed by atoms with E-state index in [2.05, 4.69) is 14.9 Å². The van der Waals surface area contributed by atoms with Crippen molar-refractivity contribution in [2.45, 2.75) is 19.0 Å². The van der Waals surface area contributed by atoms with Crippen LogP contribution in [-0.4, -0.2) is 92.6 Å². The normalized spacial score (nSPS) is 19.2. The summed E-state index contributed by atoms with van der Waals surface area (Å²) < 4.78 is 12.9. The Hall–Kier alpha value is -4.81. The molecule has 2 amide bonds. The highest BCUT2D eigenvalue weighted by Gasteiger charge is 2.35. The number of nitrogens with zero attached hydrogens (tertiary/aromatic N) is 6. The first-order valence-electron chi connectivity index (χ1n) is 14.8. The number of hydrogen-bond acceptors (Lipinski definition) is 8. The van der Waals surface area contributed by atoms with Crippen LogP contribution in [0.5, 0.6) is 5.88 Å². The molecule has 0 saturated carbocycles. The summed E-state index contributed by atoms with van der Waals surface area (Å²) in [6.45, 7) is 4.21. The van der Waals surface area contributed by atoms with Crippen LogP contribution in [0.4, 0.5) is 0 Å². The molecule has 0 spiro atoms. The number of amides is 2. The van der Waals surface area contributed by atoms with E-state index in [-0.39, 0.29) is 24.3 Å². The van der Waals surface area contributed by atoms with E-state index in [9.17, 15) is 9.59 Å². The summed E-state index contributed by atoms with van der Waals surface area (Å²) in [7, 11) is 1.60. The van der Waals surface area contributed by atoms with Crippen LogP contribution in [0.15, 0.2) is 60.8 Å². The Morgan fingerprint density at radius 3 is 2.70 bits per heavy atom. The second-order valence-corrected chi connectivity index (χ2v) is 11.4. The Bertz CT molecular complexity index is 1840. The Labute approximate surface area is 253 Å². The standard InChI is InChI=1S/C32H34N8O4/c1-43-32-22(14-21-6-2-3-7-23(21)37-32)25-15-34-30(35-25)27-17-38(16-20-10-13-44-19-20)11-12-39(27)28(41)18-40-26-9-5-4-8-24(26)36-31(40)29(33)42/h2-9,14-15,20,27H,10-13,16-19H2,1H3,(H2,33,42)(H,34,35)/t20?,27-/m0/s1. The fourth-order valence-electron chi connectivity index (χ4n) is 6.37. The number of carbonyl (C=O) groups is 2. The van der Waals surface area contributed by atoms with Gasteiger partial charge in [-0.3, -0.25) is 14.5 Å². The van der Waals surface area contributed by atoms with Crippen molar-refractivity contribution in [1.82, 2.24) is 34.3 Å². The lowest BCUT2D eigenvalue weighted by atomic mass is 10.1. The third kappa shape index (κ3) is 5.26. The lowest BCUT2D eigenvalue weighted by Gasteiger charge is -2.41. The SMILES string of the molecule is COc1nc2ccccc2cc1-c1cnc([C@@H]2CN(CC3CCOC3)CCN2C(=O)Cn2c(C(N)=O)nc3ccccc32)[nH]1. The maximum absolute atomic E-state index is 14.1. The molecule has 2 saturated heterocycles. The van der Waals surface area contributed by atoms with Gasteiger partial charge in [0, 0.05) is 38.2 Å². The molecule has 2 aromatic carbocycles. The first-order valence-corrected chi connectivity index (χ1v) is 14.8. The van der Waals surface area contributed by atoms with E-state index in [1.807, 2.05) is 53.4 Å². The third-order valence-electron chi connectivity index (χ3n) is 8.58. The summed E-state index contributed by atoms with van der Waals surface area (Å²) in [5.41, 5.74) is 9.34. The van der Waals surface area contributed by atoms with Gasteiger partial charge in [-0.1, -0.05) is 30.3 Å². The second kappa shape index (κ2) is 11.7. The van der Waals surface area contributed by atoms with Gasteiger partial charge < -0.3 is 29.7 Å². The summed E-state index contributed by atoms with van der Waals surface area (Å²) in [5, 5.41) is 0.983. The fourth-order valence-corrected chi connectivity index (χ4v) is 6.37. The van der Waals surface area contributed by atoms with Crippen molar-refractivity contribution in [2.24, 2.45) is 11.7 Å². The number of hydrogen-bond donors (Lipinski definition) is 2. The number of aromatic amines is 1. The van der Waals surface area contributed by atoms with E-state index >= 15 is 0 Å². The van der Waals surface area contributed by atoms with Crippen LogP contribution in [0, 0.1) is 5.92 Å². The number of piperazine rings is 1. The van der Waals surface area contributed by atoms with E-state index in [1.165, 1.54) is 0 Å². The van der Waals surface area contributed by atoms with Gasteiger partial charge in [-0.15, -0.1) is 0 Å². The van der Waals surface area contributed by atoms with E-state index < -0.39 is 5.91 Å². The number of rotatable bonds is 8. The number of benzene rings is 2. The van der Waals surface area contributed by atoms with Crippen LogP contribution in [0.3, 0.4) is 0 Å². The number of ether oxygens (including phenoxy) is 2. The van der Waals surface area contributed by atoms with Crippen LogP contribution in [0.1, 0.15) is 28.9 Å². The van der Waals surface area contributed by atoms with Crippen molar-refractivity contribution in [3.8, 4) is 17.1 Å². The molecule has 0 radical (unpaired) electrons. The zero-order valence-electron chi connectivity index (χ0n) is 24.5. The van der Waals surface area contributed by atoms with Crippen molar-refractivity contribution in [1.29, 1.82) is 0 Å². The van der Waals surface area contributed by atoms with E-state index in [1.54, 1.807) is 23.9 Å². The topological polar surface area (TPSA) is 144 Å². The molecule has 0 bridgehead atoms. The van der Waals surface area contributed by atoms with E-state index in [0.29, 0.717) is 41.7 Å². The number of methoxy groups -OCH3 is 1. The zero-order chi connectivity index (χ0) is 30.2. The maximum atomic E-state index is 14.1. The predicted molar refractivity (Wildman–Crippen MR) is 164 cm³/mol. The molecule has 12 nitrogen and oxygen atoms in total. The number of imidazole rings is 2. The third-order valence-corrected chi connectivity index (χ3v) is 8.58. The van der Waals surface area contributed by atoms with Gasteiger partial charge in [0.05, 0.1) is 47.7 Å². The molecular weight excluding hydrogens is 560 g/mol. The molecule has 1 unspecified atom stereocenters. The molecule has 12 heteroatoms. The number of carbonyl (C=O) groups excluding carboxylic acids is 2. The molecule has 44 heavy (non-hydrogen) atoms. The summed E-state index contributed by atoms with van der Waals surface area (Å²) >= 11 is 0. The van der Waals surface area contributed by atoms with Crippen molar-refractivity contribution in [2.75, 3.05) is 46.5 Å². The molecule has 2 fully saturated rings. The first kappa shape index (κ1) is 28.0. The summed E-state index contributed by atoms with van der Waals surface area (Å²) in [4.78, 5) is 47.9. The van der Waals surface area contributed by atoms with Crippen LogP contribution in [0.2, 0.25) is 0 Å². The lowest BCUT2D eigenvalue weighted by Crippen LogP contribution is -2.52. The largest absolute Gasteiger partial charge is 0.480 e. The van der Waals surface area contributed by atoms with Crippen molar-refractivity contribution in [3.63, 3.8) is 0 Å². The molecule has 226 valence electrons. The molecule has 0 aliphatic carbocycles. The van der Waals surface area contributed by atoms with Crippen molar-refractivity contribution >= 4 is 33.8 Å². The fraction of sp³-hybridized carbons (Fsp3) is 0.344. The Morgan fingerprint density at radius 1 is 1.09 bits per heavy atom. The van der Waals surface area contributed by atoms with Gasteiger partial charge in [0.1, 0.15) is 18.4 Å². The van der Waals surface area contributed by atoms with Crippen LogP contribution < -0.4 is 10.5 Å². The molecular formula is C32H34N8O4. The number of nitrogens with two attached hydrogens (primary N) is 1. The molecule has 3 aromatic heterocycles. The second-order valence-electron chi connectivity index (χ2n) is 11.4. The minimum atomic E-state index is -0.678. The Kier molecular flexibility index (Phi) is 7.44. The summed E-state index contributed by atoms with van der Waals surface area (Å²) in [6, 6.07) is 16.9. The van der Waals surface area contributed by atoms with E-state index in [0.717, 1.165) is 54.9 Å². The summed E-state index contributed by atoms with van der Waals surface area (Å²) in [5.74, 6) is 0.863. The summed E-state index contributed by atoms with van der Waals surface area (Å²) in [6.07, 6.45) is 2.80. The van der Waals surface area contributed by atoms with Crippen LogP contribution in [-0.2, 0) is 16.1 Å². The smallest absolute Gasteiger partial charge is 0.284 e. The molecule has 5 heterocycles. The highest BCUT2D eigenvalue weighted by Crippen LogP contribution is 2.33. The average Bonchev–Trinajstić information content (AvgIpc) is 3.81. The predicted octanol–water partition coefficient (Wildman–Crippen LogP) is 3.00. The van der Waals surface area contributed by atoms with Crippen LogP contribution >= 0.6 is 0 Å². The first-order chi connectivity index (χ1) is 21.5. The number of H-pyrrole nitrogens is 1. The monoisotopic (exact) mass is 594 g/mol. The van der Waals surface area contributed by atoms with Gasteiger partial charge in [0.15, 0.2) is 5.82 Å². The quantitative estimate of drug-likeness (QED) is 0.279. The minimum absolute atomic E-state index is 0.0622. The van der Waals surface area contributed by atoms with E-state index in [4.69, 9.17) is 25.2 Å². The van der Waals surface area contributed by atoms with Gasteiger partial charge in [-0.25, -0.2) is 15.0 Å². The van der Waals surface area contributed by atoms with Crippen LogP contribution in [0.25, 0.3) is 33.2 Å². The average molecular weight is 595 g/mol. The van der Waals surface area contributed by atoms with Crippen molar-refractivity contribution in [3.05, 3.63) is 72.4 Å². The number of fused-ring (bicyclic) bond motifs is 2. The van der Waals surface area contributed by atoms with Gasteiger partial charge in [-0.05, 0) is 36.6 Å². The van der Waals surface area contributed by atoms with Crippen molar-refractivity contribution < 1.29 is 19.1 Å².